The summed E-state index contributed by atoms with van der Waals surface area (Å²) in [6.07, 6.45) is -4.29. The van der Waals surface area contributed by atoms with Gasteiger partial charge in [-0.1, -0.05) is 12.1 Å². The smallest absolute Gasteiger partial charge is 0.388 e. The first kappa shape index (κ1) is 19.4. The van der Waals surface area contributed by atoms with E-state index in [0.29, 0.717) is 18.6 Å². The van der Waals surface area contributed by atoms with Crippen LogP contribution in [0.15, 0.2) is 30.3 Å². The maximum atomic E-state index is 13.0. The Balaban J connectivity index is 3.31. The lowest BCUT2D eigenvalue weighted by atomic mass is 9.87. The molecule has 0 radical (unpaired) electrons. The molecule has 1 rings (SSSR count). The molecule has 0 fully saturated rings. The summed E-state index contributed by atoms with van der Waals surface area (Å²) in [4.78, 5) is 0. The predicted octanol–water partition coefficient (Wildman–Crippen LogP) is 3.50. The molecule has 2 unspecified atom stereocenters. The number of rotatable bonds is 6. The van der Waals surface area contributed by atoms with E-state index in [9.17, 15) is 22.7 Å². The lowest BCUT2D eigenvalue weighted by molar-refractivity contribution is -0.232. The summed E-state index contributed by atoms with van der Waals surface area (Å²) in [5.41, 5.74) is 2.75. The van der Waals surface area contributed by atoms with Crippen LogP contribution in [0.25, 0.3) is 5.57 Å². The SMILES string of the molecule is CNc1ccc(/C(=C/C(C)(O)C(F)(F)F)CC(C)(N)CF)cc1. The molecule has 0 heterocycles. The molecule has 0 spiro atoms. The van der Waals surface area contributed by atoms with Gasteiger partial charge in [-0.3, -0.25) is 0 Å². The molecule has 0 amide bonds. The second kappa shape index (κ2) is 6.88. The van der Waals surface area contributed by atoms with Crippen molar-refractivity contribution in [3.8, 4) is 0 Å². The number of halogens is 4. The van der Waals surface area contributed by atoms with Crippen LogP contribution in [-0.4, -0.2) is 36.1 Å². The normalized spacial score (nSPS) is 18.2. The van der Waals surface area contributed by atoms with Crippen LogP contribution in [0, 0.1) is 0 Å². The van der Waals surface area contributed by atoms with E-state index in [0.717, 1.165) is 5.69 Å². The van der Waals surface area contributed by atoms with Crippen LogP contribution in [-0.2, 0) is 0 Å². The Morgan fingerprint density at radius 3 is 2.13 bits per heavy atom. The van der Waals surface area contributed by atoms with Gasteiger partial charge in [-0.2, -0.15) is 13.2 Å². The van der Waals surface area contributed by atoms with E-state index in [1.807, 2.05) is 0 Å². The highest BCUT2D eigenvalue weighted by molar-refractivity contribution is 5.69. The lowest BCUT2D eigenvalue weighted by Crippen LogP contribution is -2.42. The lowest BCUT2D eigenvalue weighted by Gasteiger charge is -2.27. The van der Waals surface area contributed by atoms with Gasteiger partial charge in [0.25, 0.3) is 0 Å². The number of hydrogen-bond donors (Lipinski definition) is 3. The summed E-state index contributed by atoms with van der Waals surface area (Å²) in [6.45, 7) is 1.16. The predicted molar refractivity (Wildman–Crippen MR) is 83.8 cm³/mol. The molecular weight excluding hydrogens is 312 g/mol. The minimum absolute atomic E-state index is 0.137. The Labute approximate surface area is 133 Å². The molecule has 1 aromatic carbocycles. The van der Waals surface area contributed by atoms with Crippen molar-refractivity contribution in [1.29, 1.82) is 0 Å². The van der Waals surface area contributed by atoms with E-state index in [1.165, 1.54) is 6.92 Å². The summed E-state index contributed by atoms with van der Waals surface area (Å²) in [7, 11) is 1.71. The van der Waals surface area contributed by atoms with Gasteiger partial charge in [0.15, 0.2) is 5.60 Å². The van der Waals surface area contributed by atoms with Crippen molar-refractivity contribution in [3.05, 3.63) is 35.9 Å². The molecule has 2 atom stereocenters. The van der Waals surface area contributed by atoms with Crippen LogP contribution >= 0.6 is 0 Å². The molecule has 1 aromatic rings. The highest BCUT2D eigenvalue weighted by Crippen LogP contribution is 2.35. The first-order valence-corrected chi connectivity index (χ1v) is 7.06. The zero-order chi connectivity index (χ0) is 17.9. The van der Waals surface area contributed by atoms with Crippen molar-refractivity contribution in [2.24, 2.45) is 5.73 Å². The molecule has 0 aliphatic carbocycles. The molecule has 130 valence electrons. The fourth-order valence-corrected chi connectivity index (χ4v) is 1.99. The third-order valence-electron chi connectivity index (χ3n) is 3.47. The zero-order valence-corrected chi connectivity index (χ0v) is 13.3. The number of benzene rings is 1. The van der Waals surface area contributed by atoms with Crippen molar-refractivity contribution in [2.45, 2.75) is 37.6 Å². The summed E-state index contributed by atoms with van der Waals surface area (Å²) >= 11 is 0. The van der Waals surface area contributed by atoms with Crippen LogP contribution in [0.4, 0.5) is 23.2 Å². The van der Waals surface area contributed by atoms with E-state index in [4.69, 9.17) is 5.73 Å². The molecule has 0 bridgehead atoms. The third kappa shape index (κ3) is 5.21. The quantitative estimate of drug-likeness (QED) is 0.698. The Kier molecular flexibility index (Phi) is 5.82. The Morgan fingerprint density at radius 1 is 1.22 bits per heavy atom. The van der Waals surface area contributed by atoms with Gasteiger partial charge in [-0.15, -0.1) is 0 Å². The second-order valence-corrected chi connectivity index (χ2v) is 6.11. The summed E-state index contributed by atoms with van der Waals surface area (Å²) in [5.74, 6) is 0. The molecule has 0 aliphatic rings. The summed E-state index contributed by atoms with van der Waals surface area (Å²) in [5, 5.41) is 12.6. The molecule has 0 aromatic heterocycles. The highest BCUT2D eigenvalue weighted by Gasteiger charge is 2.48. The third-order valence-corrected chi connectivity index (χ3v) is 3.47. The van der Waals surface area contributed by atoms with Gasteiger partial charge in [0.2, 0.25) is 0 Å². The number of anilines is 1. The van der Waals surface area contributed by atoms with Gasteiger partial charge < -0.3 is 16.2 Å². The van der Waals surface area contributed by atoms with Gasteiger partial charge in [-0.05, 0) is 49.6 Å². The number of nitrogens with two attached hydrogens (primary N) is 1. The molecule has 23 heavy (non-hydrogen) atoms. The van der Waals surface area contributed by atoms with E-state index >= 15 is 0 Å². The van der Waals surface area contributed by atoms with E-state index < -0.39 is 24.0 Å². The first-order chi connectivity index (χ1) is 10.4. The Hall–Kier alpha value is -1.60. The van der Waals surface area contributed by atoms with E-state index in [1.54, 1.807) is 31.3 Å². The topological polar surface area (TPSA) is 58.3 Å². The Morgan fingerprint density at radius 2 is 1.74 bits per heavy atom. The van der Waals surface area contributed by atoms with Gasteiger partial charge in [-0.25, -0.2) is 4.39 Å². The van der Waals surface area contributed by atoms with Crippen molar-refractivity contribution in [1.82, 2.24) is 0 Å². The standard InChI is InChI=1S/C16H22F4N2O/c1-14(21,10-17)8-12(9-15(2,23)16(18,19)20)11-4-6-13(22-3)7-5-11/h4-7,9,22-23H,8,10,21H2,1-3H3/b12-9+. The van der Waals surface area contributed by atoms with Crippen LogP contribution in [0.5, 0.6) is 0 Å². The van der Waals surface area contributed by atoms with Crippen LogP contribution < -0.4 is 11.1 Å². The monoisotopic (exact) mass is 334 g/mol. The average molecular weight is 334 g/mol. The molecule has 0 aliphatic heterocycles. The minimum atomic E-state index is -4.84. The van der Waals surface area contributed by atoms with Crippen LogP contribution in [0.1, 0.15) is 25.8 Å². The average Bonchev–Trinajstić information content (AvgIpc) is 2.45. The number of alkyl halides is 4. The fraction of sp³-hybridized carbons (Fsp3) is 0.500. The fourth-order valence-electron chi connectivity index (χ4n) is 1.99. The molecular formula is C16H22F4N2O. The van der Waals surface area contributed by atoms with Gasteiger partial charge in [0, 0.05) is 18.3 Å². The maximum Gasteiger partial charge on any atom is 0.420 e. The molecule has 4 N–H and O–H groups in total. The first-order valence-electron chi connectivity index (χ1n) is 7.06. The minimum Gasteiger partial charge on any atom is -0.388 e. The Bertz CT molecular complexity index is 548. The zero-order valence-electron chi connectivity index (χ0n) is 13.3. The van der Waals surface area contributed by atoms with Crippen molar-refractivity contribution < 1.29 is 22.7 Å². The van der Waals surface area contributed by atoms with Crippen molar-refractivity contribution in [2.75, 3.05) is 19.0 Å². The molecule has 0 saturated heterocycles. The van der Waals surface area contributed by atoms with E-state index in [2.05, 4.69) is 5.32 Å². The maximum absolute atomic E-state index is 13.0. The van der Waals surface area contributed by atoms with Gasteiger partial charge >= 0.3 is 6.18 Å². The number of hydrogen-bond acceptors (Lipinski definition) is 3. The van der Waals surface area contributed by atoms with Gasteiger partial charge in [0.05, 0.1) is 0 Å². The van der Waals surface area contributed by atoms with Crippen molar-refractivity contribution >= 4 is 11.3 Å². The number of nitrogens with one attached hydrogen (secondary N) is 1. The second-order valence-electron chi connectivity index (χ2n) is 6.11. The van der Waals surface area contributed by atoms with Gasteiger partial charge in [0.1, 0.15) is 6.67 Å². The molecule has 3 nitrogen and oxygen atoms in total. The van der Waals surface area contributed by atoms with Crippen molar-refractivity contribution in [3.63, 3.8) is 0 Å². The molecule has 0 saturated carbocycles. The molecule has 7 heteroatoms. The largest absolute Gasteiger partial charge is 0.420 e. The number of aliphatic hydroxyl groups is 1. The highest BCUT2D eigenvalue weighted by atomic mass is 19.4. The summed E-state index contributed by atoms with van der Waals surface area (Å²) < 4.78 is 51.8. The summed E-state index contributed by atoms with van der Waals surface area (Å²) in [6, 6.07) is 6.54. The van der Waals surface area contributed by atoms with Crippen LogP contribution in [0.2, 0.25) is 0 Å². The van der Waals surface area contributed by atoms with Crippen LogP contribution in [0.3, 0.4) is 0 Å². The van der Waals surface area contributed by atoms with E-state index in [-0.39, 0.29) is 12.0 Å².